The summed E-state index contributed by atoms with van der Waals surface area (Å²) >= 11 is 1.58. The second kappa shape index (κ2) is 7.24. The second-order valence-corrected chi connectivity index (χ2v) is 6.02. The number of rotatable bonds is 6. The Morgan fingerprint density at radius 2 is 2.33 bits per heavy atom. The highest BCUT2D eigenvalue weighted by molar-refractivity contribution is 7.13. The maximum absolute atomic E-state index is 11.8. The summed E-state index contributed by atoms with van der Waals surface area (Å²) in [6, 6.07) is 5.48. The van der Waals surface area contributed by atoms with Crippen LogP contribution < -0.4 is 10.6 Å². The zero-order valence-electron chi connectivity index (χ0n) is 12.2. The number of carbonyl (C=O) groups is 1. The van der Waals surface area contributed by atoms with Crippen molar-refractivity contribution in [1.82, 2.24) is 15.1 Å². The summed E-state index contributed by atoms with van der Waals surface area (Å²) in [5.41, 5.74) is 0.789. The number of aliphatic hydroxyl groups is 1. The fraction of sp³-hybridized carbons (Fsp3) is 0.429. The van der Waals surface area contributed by atoms with Crippen LogP contribution in [0.1, 0.15) is 13.8 Å². The minimum atomic E-state index is -0.263. The van der Waals surface area contributed by atoms with Crippen LogP contribution >= 0.6 is 11.3 Å². The molecule has 2 aromatic rings. The van der Waals surface area contributed by atoms with Crippen LogP contribution in [0.3, 0.4) is 0 Å². The molecule has 0 fully saturated rings. The average Bonchev–Trinajstić information content (AvgIpc) is 3.07. The Morgan fingerprint density at radius 1 is 1.52 bits per heavy atom. The van der Waals surface area contributed by atoms with Gasteiger partial charge in [-0.15, -0.1) is 11.3 Å². The number of hydrogen-bond donors (Lipinski definition) is 3. The average molecular weight is 308 g/mol. The van der Waals surface area contributed by atoms with Crippen LogP contribution in [-0.4, -0.2) is 34.1 Å². The first-order chi connectivity index (χ1) is 10.1. The van der Waals surface area contributed by atoms with Crippen molar-refractivity contribution in [2.24, 2.45) is 5.92 Å². The first kappa shape index (κ1) is 15.5. The zero-order valence-corrected chi connectivity index (χ0v) is 13.0. The minimum absolute atomic E-state index is 0.0339. The first-order valence-electron chi connectivity index (χ1n) is 6.87. The number of carbonyl (C=O) groups excluding carboxylic acids is 1. The number of urea groups is 1. The van der Waals surface area contributed by atoms with E-state index in [1.807, 2.05) is 37.4 Å². The van der Waals surface area contributed by atoms with Gasteiger partial charge in [-0.3, -0.25) is 5.32 Å². The third-order valence-electron chi connectivity index (χ3n) is 2.78. The van der Waals surface area contributed by atoms with Crippen molar-refractivity contribution in [3.05, 3.63) is 23.6 Å². The van der Waals surface area contributed by atoms with E-state index in [0.717, 1.165) is 10.6 Å². The van der Waals surface area contributed by atoms with Crippen molar-refractivity contribution in [1.29, 1.82) is 0 Å². The molecule has 114 valence electrons. The molecule has 0 saturated carbocycles. The monoisotopic (exact) mass is 308 g/mol. The summed E-state index contributed by atoms with van der Waals surface area (Å²) < 4.78 is 1.60. The van der Waals surface area contributed by atoms with Crippen LogP contribution in [0.25, 0.3) is 10.6 Å². The van der Waals surface area contributed by atoms with E-state index in [9.17, 15) is 4.79 Å². The van der Waals surface area contributed by atoms with Gasteiger partial charge in [-0.2, -0.15) is 5.10 Å². The summed E-state index contributed by atoms with van der Waals surface area (Å²) in [6.45, 7) is 4.98. The lowest BCUT2D eigenvalue weighted by Gasteiger charge is -2.10. The number of anilines is 1. The number of hydrogen-bond acceptors (Lipinski definition) is 4. The molecule has 0 aliphatic rings. The quantitative estimate of drug-likeness (QED) is 0.766. The fourth-order valence-electron chi connectivity index (χ4n) is 1.78. The SMILES string of the molecule is CC(C)CNC(=O)Nc1cc(-c2cccs2)nn1CCO. The van der Waals surface area contributed by atoms with E-state index < -0.39 is 0 Å². The minimum Gasteiger partial charge on any atom is -0.394 e. The molecule has 0 saturated heterocycles. The van der Waals surface area contributed by atoms with Crippen LogP contribution in [0.5, 0.6) is 0 Å². The normalized spacial score (nSPS) is 10.9. The molecule has 0 spiro atoms. The Bertz CT molecular complexity index is 578. The van der Waals surface area contributed by atoms with Gasteiger partial charge in [-0.1, -0.05) is 19.9 Å². The lowest BCUT2D eigenvalue weighted by Crippen LogP contribution is -2.32. The third-order valence-corrected chi connectivity index (χ3v) is 3.67. The van der Waals surface area contributed by atoms with Gasteiger partial charge >= 0.3 is 6.03 Å². The predicted molar refractivity (Wildman–Crippen MR) is 84.5 cm³/mol. The van der Waals surface area contributed by atoms with Gasteiger partial charge in [0, 0.05) is 12.6 Å². The molecule has 2 aromatic heterocycles. The van der Waals surface area contributed by atoms with Crippen molar-refractivity contribution >= 4 is 23.2 Å². The van der Waals surface area contributed by atoms with Gasteiger partial charge < -0.3 is 10.4 Å². The van der Waals surface area contributed by atoms with Crippen LogP contribution in [0.15, 0.2) is 23.6 Å². The molecular formula is C14H20N4O2S. The van der Waals surface area contributed by atoms with E-state index >= 15 is 0 Å². The van der Waals surface area contributed by atoms with Crippen molar-refractivity contribution in [2.45, 2.75) is 20.4 Å². The molecule has 0 bridgehead atoms. The molecule has 21 heavy (non-hydrogen) atoms. The van der Waals surface area contributed by atoms with E-state index in [4.69, 9.17) is 5.11 Å². The van der Waals surface area contributed by atoms with Crippen molar-refractivity contribution in [3.8, 4) is 10.6 Å². The number of nitrogens with one attached hydrogen (secondary N) is 2. The molecule has 6 nitrogen and oxygen atoms in total. The van der Waals surface area contributed by atoms with Crippen molar-refractivity contribution in [2.75, 3.05) is 18.5 Å². The van der Waals surface area contributed by atoms with Crippen LogP contribution in [0.2, 0.25) is 0 Å². The Labute approximate surface area is 127 Å². The molecule has 0 radical (unpaired) electrons. The molecule has 0 unspecified atom stereocenters. The van der Waals surface area contributed by atoms with E-state index in [1.54, 1.807) is 16.0 Å². The number of amides is 2. The van der Waals surface area contributed by atoms with Gasteiger partial charge in [-0.05, 0) is 17.4 Å². The number of aromatic nitrogens is 2. The standard InChI is InChI=1S/C14H20N4O2S/c1-10(2)9-15-14(20)16-13-8-11(12-4-3-7-21-12)17-18(13)5-6-19/h3-4,7-8,10,19H,5-6,9H2,1-2H3,(H2,15,16,20). The van der Waals surface area contributed by atoms with Crippen LogP contribution in [0.4, 0.5) is 10.6 Å². The maximum atomic E-state index is 11.8. The molecule has 2 amide bonds. The topological polar surface area (TPSA) is 79.2 Å². The molecule has 7 heteroatoms. The lowest BCUT2D eigenvalue weighted by atomic mass is 10.2. The molecule has 2 heterocycles. The molecule has 2 rings (SSSR count). The second-order valence-electron chi connectivity index (χ2n) is 5.07. The Morgan fingerprint density at radius 3 is 2.95 bits per heavy atom. The van der Waals surface area contributed by atoms with Crippen LogP contribution in [-0.2, 0) is 6.54 Å². The van der Waals surface area contributed by atoms with Gasteiger partial charge in [0.1, 0.15) is 11.5 Å². The van der Waals surface area contributed by atoms with Gasteiger partial charge in [0.25, 0.3) is 0 Å². The zero-order chi connectivity index (χ0) is 15.2. The predicted octanol–water partition coefficient (Wildman–Crippen LogP) is 2.38. The summed E-state index contributed by atoms with van der Waals surface area (Å²) in [7, 11) is 0. The summed E-state index contributed by atoms with van der Waals surface area (Å²) in [5, 5.41) is 21.1. The first-order valence-corrected chi connectivity index (χ1v) is 7.75. The number of thiophene rings is 1. The lowest BCUT2D eigenvalue weighted by molar-refractivity contribution is 0.250. The van der Waals surface area contributed by atoms with Gasteiger partial charge in [0.15, 0.2) is 0 Å². The molecule has 0 aliphatic heterocycles. The van der Waals surface area contributed by atoms with E-state index in [-0.39, 0.29) is 12.6 Å². The summed E-state index contributed by atoms with van der Waals surface area (Å²) in [4.78, 5) is 12.9. The third kappa shape index (κ3) is 4.30. The number of nitrogens with zero attached hydrogens (tertiary/aromatic N) is 2. The largest absolute Gasteiger partial charge is 0.394 e. The molecule has 0 aliphatic carbocycles. The van der Waals surface area contributed by atoms with Gasteiger partial charge in [0.05, 0.1) is 18.0 Å². The highest BCUT2D eigenvalue weighted by atomic mass is 32.1. The van der Waals surface area contributed by atoms with Crippen molar-refractivity contribution in [3.63, 3.8) is 0 Å². The number of aliphatic hydroxyl groups excluding tert-OH is 1. The molecule has 3 N–H and O–H groups in total. The summed E-state index contributed by atoms with van der Waals surface area (Å²) in [5.74, 6) is 0.966. The highest BCUT2D eigenvalue weighted by Crippen LogP contribution is 2.26. The van der Waals surface area contributed by atoms with E-state index in [0.29, 0.717) is 24.8 Å². The van der Waals surface area contributed by atoms with Gasteiger partial charge in [0.2, 0.25) is 0 Å². The highest BCUT2D eigenvalue weighted by Gasteiger charge is 2.12. The van der Waals surface area contributed by atoms with E-state index in [2.05, 4.69) is 15.7 Å². The molecule has 0 atom stereocenters. The fourth-order valence-corrected chi connectivity index (χ4v) is 2.47. The van der Waals surface area contributed by atoms with Crippen molar-refractivity contribution < 1.29 is 9.90 Å². The molecular weight excluding hydrogens is 288 g/mol. The Balaban J connectivity index is 2.11. The van der Waals surface area contributed by atoms with Crippen LogP contribution in [0, 0.1) is 5.92 Å². The Hall–Kier alpha value is -1.86. The molecule has 0 aromatic carbocycles. The summed E-state index contributed by atoms with van der Waals surface area (Å²) in [6.07, 6.45) is 0. The maximum Gasteiger partial charge on any atom is 0.320 e. The van der Waals surface area contributed by atoms with E-state index in [1.165, 1.54) is 0 Å². The van der Waals surface area contributed by atoms with Gasteiger partial charge in [-0.25, -0.2) is 9.48 Å². The smallest absolute Gasteiger partial charge is 0.320 e. The Kier molecular flexibility index (Phi) is 5.35.